The Hall–Kier alpha value is -3.74. The van der Waals surface area contributed by atoms with Gasteiger partial charge in [0.05, 0.1) is 13.7 Å². The smallest absolute Gasteiger partial charge is 0.426 e. The molecule has 0 saturated carbocycles. The third-order valence-electron chi connectivity index (χ3n) is 4.01. The van der Waals surface area contributed by atoms with Crippen LogP contribution in [0.15, 0.2) is 66.7 Å². The van der Waals surface area contributed by atoms with Crippen molar-refractivity contribution in [2.45, 2.75) is 6.92 Å². The Morgan fingerprint density at radius 3 is 2.39 bits per heavy atom. The number of nitrogens with zero attached hydrogens (tertiary/aromatic N) is 1. The van der Waals surface area contributed by atoms with Crippen LogP contribution in [0.3, 0.4) is 0 Å². The third kappa shape index (κ3) is 4.15. The van der Waals surface area contributed by atoms with Crippen LogP contribution in [0, 0.1) is 0 Å². The molecule has 3 rings (SSSR count). The number of fused-ring (bicyclic) bond motifs is 1. The van der Waals surface area contributed by atoms with Gasteiger partial charge in [-0.1, -0.05) is 48.5 Å². The fraction of sp³-hybridized carbons (Fsp3) is 0.143. The topological polar surface area (TPSA) is 79.9 Å². The second-order valence-corrected chi connectivity index (χ2v) is 5.80. The van der Waals surface area contributed by atoms with E-state index in [-0.39, 0.29) is 6.61 Å². The number of amides is 3. The number of hydrogen-bond donors (Lipinski definition) is 2. The van der Waals surface area contributed by atoms with Gasteiger partial charge in [0.25, 0.3) is 0 Å². The van der Waals surface area contributed by atoms with Crippen LogP contribution in [0.4, 0.5) is 21.0 Å². The van der Waals surface area contributed by atoms with Crippen molar-refractivity contribution in [3.05, 3.63) is 66.7 Å². The second-order valence-electron chi connectivity index (χ2n) is 5.80. The Balaban J connectivity index is 2.07. The van der Waals surface area contributed by atoms with E-state index in [2.05, 4.69) is 10.7 Å². The summed E-state index contributed by atoms with van der Waals surface area (Å²) < 4.78 is 10.4. The van der Waals surface area contributed by atoms with Gasteiger partial charge < -0.3 is 14.8 Å². The molecule has 0 saturated heterocycles. The molecule has 3 amide bonds. The maximum absolute atomic E-state index is 13.1. The van der Waals surface area contributed by atoms with Crippen molar-refractivity contribution >= 4 is 34.3 Å². The summed E-state index contributed by atoms with van der Waals surface area (Å²) in [5, 5.41) is 5.50. The van der Waals surface area contributed by atoms with E-state index in [0.29, 0.717) is 17.1 Å². The molecule has 0 aliphatic rings. The fourth-order valence-electron chi connectivity index (χ4n) is 2.79. The molecule has 0 atom stereocenters. The Bertz CT molecular complexity index is 976. The first kappa shape index (κ1) is 19.0. The van der Waals surface area contributed by atoms with Crippen molar-refractivity contribution in [3.63, 3.8) is 0 Å². The van der Waals surface area contributed by atoms with Crippen molar-refractivity contribution in [2.75, 3.05) is 24.0 Å². The molecular formula is C21H21N3O4. The number of urea groups is 1. The first-order valence-electron chi connectivity index (χ1n) is 8.79. The number of anilines is 2. The quantitative estimate of drug-likeness (QED) is 0.652. The summed E-state index contributed by atoms with van der Waals surface area (Å²) >= 11 is 0. The molecule has 144 valence electrons. The summed E-state index contributed by atoms with van der Waals surface area (Å²) in [4.78, 5) is 25.2. The van der Waals surface area contributed by atoms with Crippen molar-refractivity contribution in [3.8, 4) is 5.75 Å². The summed E-state index contributed by atoms with van der Waals surface area (Å²) in [5.74, 6) is 0.429. The van der Waals surface area contributed by atoms with E-state index >= 15 is 0 Å². The average Bonchev–Trinajstić information content (AvgIpc) is 2.72. The lowest BCUT2D eigenvalue weighted by molar-refractivity contribution is 0.151. The third-order valence-corrected chi connectivity index (χ3v) is 4.01. The Kier molecular flexibility index (Phi) is 5.96. The summed E-state index contributed by atoms with van der Waals surface area (Å²) in [5.41, 5.74) is 3.49. The normalized spacial score (nSPS) is 10.2. The van der Waals surface area contributed by atoms with Crippen molar-refractivity contribution < 1.29 is 19.1 Å². The highest BCUT2D eigenvalue weighted by Gasteiger charge is 2.25. The van der Waals surface area contributed by atoms with Gasteiger partial charge in [-0.2, -0.15) is 5.01 Å². The highest BCUT2D eigenvalue weighted by atomic mass is 16.6. The predicted octanol–water partition coefficient (Wildman–Crippen LogP) is 4.55. The summed E-state index contributed by atoms with van der Waals surface area (Å²) in [6.07, 6.45) is -0.749. The molecule has 0 bridgehead atoms. The van der Waals surface area contributed by atoms with Crippen LogP contribution in [-0.2, 0) is 4.74 Å². The molecule has 0 heterocycles. The number of methoxy groups -OCH3 is 1. The first-order valence-corrected chi connectivity index (χ1v) is 8.79. The van der Waals surface area contributed by atoms with Gasteiger partial charge in [-0.3, -0.25) is 0 Å². The number of carbonyl (C=O) groups is 2. The zero-order chi connectivity index (χ0) is 19.9. The lowest BCUT2D eigenvalue weighted by Gasteiger charge is -2.26. The standard InChI is InChI=1S/C21H21N3O4/c1-3-28-21(26)23-24(20(25)22-16-10-5-4-6-11-16)19-17-12-8-7-9-15(17)13-14-18(19)27-2/h4-14H,3H2,1-2H3,(H,22,25)(H,23,26). The minimum atomic E-state index is -0.749. The zero-order valence-electron chi connectivity index (χ0n) is 15.6. The van der Waals surface area contributed by atoms with Gasteiger partial charge in [-0.15, -0.1) is 0 Å². The Morgan fingerprint density at radius 2 is 1.68 bits per heavy atom. The van der Waals surface area contributed by atoms with Gasteiger partial charge in [0, 0.05) is 11.1 Å². The van der Waals surface area contributed by atoms with Crippen LogP contribution in [0.25, 0.3) is 10.8 Å². The van der Waals surface area contributed by atoms with Crippen molar-refractivity contribution in [2.24, 2.45) is 0 Å². The number of carbonyl (C=O) groups excluding carboxylic acids is 2. The molecule has 0 aromatic heterocycles. The molecule has 0 spiro atoms. The van der Waals surface area contributed by atoms with Gasteiger partial charge in [-0.25, -0.2) is 15.0 Å². The van der Waals surface area contributed by atoms with Gasteiger partial charge in [-0.05, 0) is 30.5 Å². The van der Waals surface area contributed by atoms with E-state index in [1.54, 1.807) is 37.3 Å². The van der Waals surface area contributed by atoms with E-state index in [9.17, 15) is 9.59 Å². The predicted molar refractivity (Wildman–Crippen MR) is 109 cm³/mol. The maximum Gasteiger partial charge on any atom is 0.426 e. The van der Waals surface area contributed by atoms with Crippen LogP contribution in [-0.4, -0.2) is 25.8 Å². The van der Waals surface area contributed by atoms with Gasteiger partial charge >= 0.3 is 12.1 Å². The molecule has 7 nitrogen and oxygen atoms in total. The largest absolute Gasteiger partial charge is 0.494 e. The molecule has 28 heavy (non-hydrogen) atoms. The molecule has 3 aromatic rings. The minimum absolute atomic E-state index is 0.173. The van der Waals surface area contributed by atoms with E-state index in [4.69, 9.17) is 9.47 Å². The van der Waals surface area contributed by atoms with Crippen LogP contribution >= 0.6 is 0 Å². The number of hydrazine groups is 1. The maximum atomic E-state index is 13.1. The van der Waals surface area contributed by atoms with Crippen LogP contribution < -0.4 is 20.5 Å². The average molecular weight is 379 g/mol. The zero-order valence-corrected chi connectivity index (χ0v) is 15.6. The highest BCUT2D eigenvalue weighted by molar-refractivity contribution is 6.10. The summed E-state index contributed by atoms with van der Waals surface area (Å²) in [7, 11) is 1.51. The lowest BCUT2D eigenvalue weighted by atomic mass is 10.1. The number of nitrogens with one attached hydrogen (secondary N) is 2. The first-order chi connectivity index (χ1) is 13.6. The molecule has 0 unspecified atom stereocenters. The molecule has 3 aromatic carbocycles. The van der Waals surface area contributed by atoms with E-state index in [1.807, 2.05) is 36.4 Å². The lowest BCUT2D eigenvalue weighted by Crippen LogP contribution is -2.49. The second kappa shape index (κ2) is 8.77. The van der Waals surface area contributed by atoms with Crippen LogP contribution in [0.1, 0.15) is 6.92 Å². The Morgan fingerprint density at radius 1 is 0.964 bits per heavy atom. The van der Waals surface area contributed by atoms with E-state index < -0.39 is 12.1 Å². The summed E-state index contributed by atoms with van der Waals surface area (Å²) in [6, 6.07) is 19.5. The molecule has 7 heteroatoms. The van der Waals surface area contributed by atoms with E-state index in [1.165, 1.54) is 7.11 Å². The minimum Gasteiger partial charge on any atom is -0.494 e. The number of para-hydroxylation sites is 1. The van der Waals surface area contributed by atoms with Crippen molar-refractivity contribution in [1.29, 1.82) is 0 Å². The number of ether oxygens (including phenoxy) is 2. The SMILES string of the molecule is CCOC(=O)NN(C(=O)Nc1ccccc1)c1c(OC)ccc2ccccc12. The molecular weight excluding hydrogens is 358 g/mol. The number of rotatable bonds is 4. The highest BCUT2D eigenvalue weighted by Crippen LogP contribution is 2.36. The fourth-order valence-corrected chi connectivity index (χ4v) is 2.79. The summed E-state index contributed by atoms with van der Waals surface area (Å²) in [6.45, 7) is 1.86. The molecule has 0 radical (unpaired) electrons. The molecule has 0 aliphatic heterocycles. The van der Waals surface area contributed by atoms with Gasteiger partial charge in [0.15, 0.2) is 0 Å². The number of hydrogen-bond acceptors (Lipinski definition) is 4. The van der Waals surface area contributed by atoms with Gasteiger partial charge in [0.2, 0.25) is 0 Å². The molecule has 0 aliphatic carbocycles. The molecule has 0 fully saturated rings. The van der Waals surface area contributed by atoms with Crippen LogP contribution in [0.5, 0.6) is 5.75 Å². The monoisotopic (exact) mass is 379 g/mol. The van der Waals surface area contributed by atoms with Crippen molar-refractivity contribution in [1.82, 2.24) is 5.43 Å². The molecule has 2 N–H and O–H groups in total. The van der Waals surface area contributed by atoms with E-state index in [0.717, 1.165) is 15.8 Å². The number of benzene rings is 3. The van der Waals surface area contributed by atoms with Gasteiger partial charge in [0.1, 0.15) is 11.4 Å². The van der Waals surface area contributed by atoms with Crippen LogP contribution in [0.2, 0.25) is 0 Å². The Labute approximate surface area is 162 Å².